The van der Waals surface area contributed by atoms with Gasteiger partial charge in [0.25, 0.3) is 0 Å². The van der Waals surface area contributed by atoms with E-state index in [1.54, 1.807) is 0 Å². The molecule has 4 nitrogen and oxygen atoms in total. The molecule has 0 aliphatic rings. The van der Waals surface area contributed by atoms with Crippen LogP contribution in [0.1, 0.15) is 42.4 Å². The Bertz CT molecular complexity index is 953. The lowest BCUT2D eigenvalue weighted by atomic mass is 9.95. The van der Waals surface area contributed by atoms with Crippen LogP contribution < -0.4 is 0 Å². The minimum absolute atomic E-state index is 0.464. The van der Waals surface area contributed by atoms with E-state index in [1.807, 2.05) is 60.8 Å². The maximum Gasteiger partial charge on any atom is 0.307 e. The Balaban J connectivity index is 1.80. The summed E-state index contributed by atoms with van der Waals surface area (Å²) in [7, 11) is 0. The van der Waals surface area contributed by atoms with Crippen LogP contribution in [0, 0.1) is 5.92 Å². The number of carboxylic acid groups (broad SMARTS) is 1. The fourth-order valence-electron chi connectivity index (χ4n) is 3.76. The van der Waals surface area contributed by atoms with E-state index in [2.05, 4.69) is 16.5 Å². The largest absolute Gasteiger partial charge is 0.481 e. The van der Waals surface area contributed by atoms with Gasteiger partial charge in [-0.15, -0.1) is 0 Å². The zero-order valence-electron chi connectivity index (χ0n) is 17.4. The fraction of sp³-hybridized carbons (Fsp3) is 0.360. The number of halogens is 1. The third-order valence-corrected chi connectivity index (χ3v) is 5.84. The Morgan fingerprint density at radius 3 is 2.50 bits per heavy atom. The first-order valence-electron chi connectivity index (χ1n) is 10.6. The van der Waals surface area contributed by atoms with E-state index in [1.165, 1.54) is 0 Å². The van der Waals surface area contributed by atoms with Crippen LogP contribution >= 0.6 is 11.6 Å². The highest BCUT2D eigenvalue weighted by molar-refractivity contribution is 6.31. The van der Waals surface area contributed by atoms with Crippen LogP contribution in [-0.4, -0.2) is 20.6 Å². The molecular weight excluding hydrogens is 396 g/mol. The summed E-state index contributed by atoms with van der Waals surface area (Å²) in [5.41, 5.74) is 3.12. The van der Waals surface area contributed by atoms with Crippen molar-refractivity contribution in [2.24, 2.45) is 5.92 Å². The van der Waals surface area contributed by atoms with E-state index < -0.39 is 11.9 Å². The highest BCUT2D eigenvalue weighted by Crippen LogP contribution is 2.20. The predicted molar refractivity (Wildman–Crippen MR) is 121 cm³/mol. The molecule has 0 saturated carbocycles. The van der Waals surface area contributed by atoms with Gasteiger partial charge >= 0.3 is 5.97 Å². The number of imidazole rings is 1. The normalized spacial score (nSPS) is 12.1. The SMILES string of the molecule is CCCCc1ncc(CC(Cc2ccccc2)C(=O)O)n1CCc1ccccc1Cl. The van der Waals surface area contributed by atoms with Crippen molar-refractivity contribution in [1.29, 1.82) is 0 Å². The molecule has 0 amide bonds. The number of nitrogens with zero attached hydrogens (tertiary/aromatic N) is 2. The summed E-state index contributed by atoms with van der Waals surface area (Å²) in [5.74, 6) is -0.224. The van der Waals surface area contributed by atoms with Gasteiger partial charge in [-0.1, -0.05) is 73.5 Å². The van der Waals surface area contributed by atoms with Crippen LogP contribution in [0.15, 0.2) is 60.8 Å². The summed E-state index contributed by atoms with van der Waals surface area (Å²) in [5, 5.41) is 10.6. The number of aromatic nitrogens is 2. The van der Waals surface area contributed by atoms with Crippen molar-refractivity contribution in [3.63, 3.8) is 0 Å². The van der Waals surface area contributed by atoms with Crippen LogP contribution in [0.5, 0.6) is 0 Å². The minimum Gasteiger partial charge on any atom is -0.481 e. The molecule has 1 N–H and O–H groups in total. The highest BCUT2D eigenvalue weighted by Gasteiger charge is 2.22. The van der Waals surface area contributed by atoms with Gasteiger partial charge < -0.3 is 9.67 Å². The number of unbranched alkanes of at least 4 members (excludes halogenated alkanes) is 1. The molecular formula is C25H29ClN2O2. The maximum atomic E-state index is 12.0. The van der Waals surface area contributed by atoms with Crippen LogP contribution in [0.3, 0.4) is 0 Å². The van der Waals surface area contributed by atoms with Gasteiger partial charge in [0.2, 0.25) is 0 Å². The Labute approximate surface area is 183 Å². The van der Waals surface area contributed by atoms with E-state index in [0.29, 0.717) is 12.8 Å². The standard InChI is InChI=1S/C25H29ClN2O2/c1-2-3-13-24-27-18-22(28(24)15-14-20-11-7-8-12-23(20)26)17-21(25(29)30)16-19-9-5-4-6-10-19/h4-12,18,21H,2-3,13-17H2,1H3,(H,29,30). The zero-order valence-corrected chi connectivity index (χ0v) is 18.2. The number of benzene rings is 2. The second-order valence-corrected chi connectivity index (χ2v) is 8.10. The van der Waals surface area contributed by atoms with E-state index in [4.69, 9.17) is 11.6 Å². The lowest BCUT2D eigenvalue weighted by Crippen LogP contribution is -2.21. The molecule has 1 unspecified atom stereocenters. The third-order valence-electron chi connectivity index (χ3n) is 5.47. The van der Waals surface area contributed by atoms with Crippen molar-refractivity contribution in [2.45, 2.75) is 52.0 Å². The summed E-state index contributed by atoms with van der Waals surface area (Å²) in [6.45, 7) is 2.91. The number of hydrogen-bond donors (Lipinski definition) is 1. The first-order valence-corrected chi connectivity index (χ1v) is 11.0. The molecule has 0 saturated heterocycles. The molecule has 0 radical (unpaired) electrons. The van der Waals surface area contributed by atoms with Gasteiger partial charge in [0.05, 0.1) is 5.92 Å². The van der Waals surface area contributed by atoms with Crippen LogP contribution in [-0.2, 0) is 37.0 Å². The summed E-state index contributed by atoms with van der Waals surface area (Å²) in [4.78, 5) is 16.6. The average Bonchev–Trinajstić information content (AvgIpc) is 3.13. The number of aliphatic carboxylic acids is 1. The smallest absolute Gasteiger partial charge is 0.307 e. The van der Waals surface area contributed by atoms with Gasteiger partial charge in [0.15, 0.2) is 0 Å². The molecule has 1 aromatic heterocycles. The Morgan fingerprint density at radius 2 is 1.80 bits per heavy atom. The van der Waals surface area contributed by atoms with E-state index in [9.17, 15) is 9.90 Å². The quantitative estimate of drug-likeness (QED) is 0.435. The van der Waals surface area contributed by atoms with Gasteiger partial charge in [-0.05, 0) is 36.5 Å². The molecule has 0 spiro atoms. The molecule has 3 aromatic rings. The van der Waals surface area contributed by atoms with Crippen LogP contribution in [0.4, 0.5) is 0 Å². The van der Waals surface area contributed by atoms with E-state index in [-0.39, 0.29) is 0 Å². The molecule has 1 heterocycles. The summed E-state index contributed by atoms with van der Waals surface area (Å²) in [6, 6.07) is 17.7. The summed E-state index contributed by atoms with van der Waals surface area (Å²) in [6.07, 6.45) is 6.68. The molecule has 0 aliphatic heterocycles. The van der Waals surface area contributed by atoms with Crippen molar-refractivity contribution < 1.29 is 9.90 Å². The molecule has 3 rings (SSSR count). The second-order valence-electron chi connectivity index (χ2n) is 7.69. The number of carbonyl (C=O) groups is 1. The first kappa shape index (κ1) is 22.1. The Kier molecular flexibility index (Phi) is 8.09. The van der Waals surface area contributed by atoms with Gasteiger partial charge in [0.1, 0.15) is 5.82 Å². The van der Waals surface area contributed by atoms with E-state index in [0.717, 1.165) is 59.9 Å². The van der Waals surface area contributed by atoms with E-state index >= 15 is 0 Å². The maximum absolute atomic E-state index is 12.0. The average molecular weight is 425 g/mol. The molecule has 30 heavy (non-hydrogen) atoms. The third kappa shape index (κ3) is 5.96. The van der Waals surface area contributed by atoms with Crippen LogP contribution in [0.25, 0.3) is 0 Å². The fourth-order valence-corrected chi connectivity index (χ4v) is 3.99. The van der Waals surface area contributed by atoms with Gasteiger partial charge in [-0.25, -0.2) is 4.98 Å². The van der Waals surface area contributed by atoms with Crippen molar-refractivity contribution in [2.75, 3.05) is 0 Å². The van der Waals surface area contributed by atoms with Crippen molar-refractivity contribution in [1.82, 2.24) is 9.55 Å². The zero-order chi connectivity index (χ0) is 21.3. The van der Waals surface area contributed by atoms with Gasteiger partial charge in [0, 0.05) is 36.3 Å². The lowest BCUT2D eigenvalue weighted by Gasteiger charge is -2.16. The molecule has 2 aromatic carbocycles. The number of carboxylic acids is 1. The van der Waals surface area contributed by atoms with Crippen LogP contribution in [0.2, 0.25) is 5.02 Å². The molecule has 158 valence electrons. The molecule has 5 heteroatoms. The van der Waals surface area contributed by atoms with Gasteiger partial charge in [-0.3, -0.25) is 4.79 Å². The van der Waals surface area contributed by atoms with Crippen molar-refractivity contribution in [3.8, 4) is 0 Å². The lowest BCUT2D eigenvalue weighted by molar-refractivity contribution is -0.141. The summed E-state index contributed by atoms with van der Waals surface area (Å²) < 4.78 is 2.21. The number of hydrogen-bond acceptors (Lipinski definition) is 2. The van der Waals surface area contributed by atoms with Crippen molar-refractivity contribution >= 4 is 17.6 Å². The van der Waals surface area contributed by atoms with Crippen molar-refractivity contribution in [3.05, 3.63) is 88.5 Å². The van der Waals surface area contributed by atoms with Gasteiger partial charge in [-0.2, -0.15) is 0 Å². The minimum atomic E-state index is -0.771. The molecule has 0 aliphatic carbocycles. The second kappa shape index (κ2) is 11.0. The molecule has 0 bridgehead atoms. The highest BCUT2D eigenvalue weighted by atomic mass is 35.5. The number of aryl methyl sites for hydroxylation is 2. The Morgan fingerprint density at radius 1 is 1.07 bits per heavy atom. The first-order chi connectivity index (χ1) is 14.6. The summed E-state index contributed by atoms with van der Waals surface area (Å²) >= 11 is 6.34. The topological polar surface area (TPSA) is 55.1 Å². The molecule has 1 atom stereocenters. The predicted octanol–water partition coefficient (Wildman–Crippen LogP) is 5.61. The number of rotatable bonds is 11. The Hall–Kier alpha value is -2.59. The monoisotopic (exact) mass is 424 g/mol. The molecule has 0 fully saturated rings.